The van der Waals surface area contributed by atoms with Crippen LogP contribution in [0.2, 0.25) is 5.15 Å². The SMILES string of the molecule is Cc1ccc(Cn2ncc(OCc3ccccc3)c2Cl)cc1. The van der Waals surface area contributed by atoms with Crippen molar-refractivity contribution in [2.24, 2.45) is 0 Å². The maximum atomic E-state index is 6.35. The number of hydrogen-bond acceptors (Lipinski definition) is 2. The van der Waals surface area contributed by atoms with Crippen molar-refractivity contribution in [1.82, 2.24) is 9.78 Å². The number of ether oxygens (including phenoxy) is 1. The van der Waals surface area contributed by atoms with Gasteiger partial charge in [-0.1, -0.05) is 71.8 Å². The first-order chi connectivity index (χ1) is 10.7. The predicted molar refractivity (Wildman–Crippen MR) is 88.3 cm³/mol. The van der Waals surface area contributed by atoms with E-state index in [2.05, 4.69) is 36.3 Å². The molecule has 0 spiro atoms. The zero-order valence-corrected chi connectivity index (χ0v) is 13.1. The predicted octanol–water partition coefficient (Wildman–Crippen LogP) is 4.47. The molecule has 0 N–H and O–H groups in total. The van der Waals surface area contributed by atoms with Crippen LogP contribution in [-0.4, -0.2) is 9.78 Å². The summed E-state index contributed by atoms with van der Waals surface area (Å²) in [7, 11) is 0. The molecule has 0 bridgehead atoms. The minimum atomic E-state index is 0.483. The largest absolute Gasteiger partial charge is 0.484 e. The van der Waals surface area contributed by atoms with E-state index in [1.54, 1.807) is 10.9 Å². The fourth-order valence-electron chi connectivity index (χ4n) is 2.16. The van der Waals surface area contributed by atoms with Crippen molar-refractivity contribution in [2.75, 3.05) is 0 Å². The van der Waals surface area contributed by atoms with Gasteiger partial charge in [0.05, 0.1) is 12.7 Å². The molecule has 1 heterocycles. The topological polar surface area (TPSA) is 27.1 Å². The van der Waals surface area contributed by atoms with Crippen LogP contribution >= 0.6 is 11.6 Å². The Labute approximate surface area is 135 Å². The first-order valence-corrected chi connectivity index (χ1v) is 7.54. The van der Waals surface area contributed by atoms with Gasteiger partial charge in [0.1, 0.15) is 6.61 Å². The van der Waals surface area contributed by atoms with E-state index in [1.807, 2.05) is 30.3 Å². The van der Waals surface area contributed by atoms with Crippen LogP contribution in [0.4, 0.5) is 0 Å². The second-order valence-corrected chi connectivity index (χ2v) is 5.58. The first kappa shape index (κ1) is 14.7. The maximum absolute atomic E-state index is 6.35. The molecular formula is C18H17ClN2O. The summed E-state index contributed by atoms with van der Waals surface area (Å²) in [5.74, 6) is 0.609. The van der Waals surface area contributed by atoms with E-state index in [1.165, 1.54) is 5.56 Å². The van der Waals surface area contributed by atoms with Crippen molar-refractivity contribution in [3.8, 4) is 5.75 Å². The molecule has 3 aromatic rings. The van der Waals surface area contributed by atoms with E-state index >= 15 is 0 Å². The van der Waals surface area contributed by atoms with Crippen LogP contribution in [0.15, 0.2) is 60.8 Å². The average molecular weight is 313 g/mol. The van der Waals surface area contributed by atoms with Crippen LogP contribution < -0.4 is 4.74 Å². The van der Waals surface area contributed by atoms with Gasteiger partial charge < -0.3 is 4.74 Å². The van der Waals surface area contributed by atoms with Crippen molar-refractivity contribution in [3.63, 3.8) is 0 Å². The lowest BCUT2D eigenvalue weighted by atomic mass is 10.1. The lowest BCUT2D eigenvalue weighted by Crippen LogP contribution is -2.02. The molecule has 0 saturated carbocycles. The Morgan fingerprint density at radius 1 is 1.00 bits per heavy atom. The lowest BCUT2D eigenvalue weighted by molar-refractivity contribution is 0.306. The van der Waals surface area contributed by atoms with E-state index in [0.29, 0.717) is 24.1 Å². The Morgan fingerprint density at radius 3 is 2.45 bits per heavy atom. The van der Waals surface area contributed by atoms with E-state index in [0.717, 1.165) is 11.1 Å². The molecule has 1 aromatic heterocycles. The van der Waals surface area contributed by atoms with E-state index < -0.39 is 0 Å². The van der Waals surface area contributed by atoms with E-state index in [9.17, 15) is 0 Å². The van der Waals surface area contributed by atoms with Gasteiger partial charge in [-0.05, 0) is 18.1 Å². The summed E-state index contributed by atoms with van der Waals surface area (Å²) in [6.07, 6.45) is 1.67. The molecule has 0 aliphatic rings. The highest BCUT2D eigenvalue weighted by Crippen LogP contribution is 2.25. The minimum Gasteiger partial charge on any atom is -0.484 e. The molecule has 112 valence electrons. The summed E-state index contributed by atoms with van der Waals surface area (Å²) in [6.45, 7) is 3.19. The lowest BCUT2D eigenvalue weighted by Gasteiger charge is -2.06. The van der Waals surface area contributed by atoms with Crippen LogP contribution in [0.3, 0.4) is 0 Å². The smallest absolute Gasteiger partial charge is 0.176 e. The molecule has 0 saturated heterocycles. The Kier molecular flexibility index (Phi) is 4.45. The van der Waals surface area contributed by atoms with Crippen molar-refractivity contribution in [1.29, 1.82) is 0 Å². The number of benzene rings is 2. The van der Waals surface area contributed by atoms with Gasteiger partial charge in [0.15, 0.2) is 10.9 Å². The normalized spacial score (nSPS) is 10.6. The number of aromatic nitrogens is 2. The van der Waals surface area contributed by atoms with Crippen molar-refractivity contribution in [3.05, 3.63) is 82.6 Å². The Balaban J connectivity index is 1.68. The van der Waals surface area contributed by atoms with Crippen LogP contribution in [0.25, 0.3) is 0 Å². The standard InChI is InChI=1S/C18H17ClN2O/c1-14-7-9-15(10-8-14)12-21-18(19)17(11-20-21)22-13-16-5-3-2-4-6-16/h2-11H,12-13H2,1H3. The highest BCUT2D eigenvalue weighted by molar-refractivity contribution is 6.31. The van der Waals surface area contributed by atoms with E-state index in [-0.39, 0.29) is 0 Å². The number of rotatable bonds is 5. The van der Waals surface area contributed by atoms with Gasteiger partial charge in [-0.25, -0.2) is 4.68 Å². The zero-order valence-electron chi connectivity index (χ0n) is 12.4. The van der Waals surface area contributed by atoms with Gasteiger partial charge in [-0.15, -0.1) is 0 Å². The fraction of sp³-hybridized carbons (Fsp3) is 0.167. The molecule has 4 heteroatoms. The van der Waals surface area contributed by atoms with Gasteiger partial charge in [0.2, 0.25) is 0 Å². The molecule has 3 rings (SSSR count). The number of hydrogen-bond donors (Lipinski definition) is 0. The molecule has 0 unspecified atom stereocenters. The summed E-state index contributed by atoms with van der Waals surface area (Å²) in [5, 5.41) is 4.83. The van der Waals surface area contributed by atoms with Crippen molar-refractivity contribution < 1.29 is 4.74 Å². The first-order valence-electron chi connectivity index (χ1n) is 7.16. The Morgan fingerprint density at radius 2 is 1.73 bits per heavy atom. The number of aryl methyl sites for hydroxylation is 1. The Bertz CT molecular complexity index is 736. The van der Waals surface area contributed by atoms with Crippen LogP contribution in [-0.2, 0) is 13.2 Å². The van der Waals surface area contributed by atoms with Crippen LogP contribution in [0.5, 0.6) is 5.75 Å². The summed E-state index contributed by atoms with van der Waals surface area (Å²) in [4.78, 5) is 0. The van der Waals surface area contributed by atoms with Crippen LogP contribution in [0.1, 0.15) is 16.7 Å². The third-order valence-corrected chi connectivity index (χ3v) is 3.82. The van der Waals surface area contributed by atoms with Gasteiger partial charge >= 0.3 is 0 Å². The quantitative estimate of drug-likeness (QED) is 0.695. The fourth-order valence-corrected chi connectivity index (χ4v) is 2.37. The molecule has 0 radical (unpaired) electrons. The van der Waals surface area contributed by atoms with Gasteiger partial charge in [0, 0.05) is 0 Å². The molecule has 0 atom stereocenters. The van der Waals surface area contributed by atoms with Crippen LogP contribution in [0, 0.1) is 6.92 Å². The highest BCUT2D eigenvalue weighted by atomic mass is 35.5. The summed E-state index contributed by atoms with van der Waals surface area (Å²) < 4.78 is 7.49. The van der Waals surface area contributed by atoms with Gasteiger partial charge in [-0.2, -0.15) is 5.10 Å². The average Bonchev–Trinajstić information content (AvgIpc) is 2.89. The number of nitrogens with zero attached hydrogens (tertiary/aromatic N) is 2. The second kappa shape index (κ2) is 6.67. The third kappa shape index (κ3) is 3.49. The summed E-state index contributed by atoms with van der Waals surface area (Å²) in [6, 6.07) is 18.3. The third-order valence-electron chi connectivity index (χ3n) is 3.43. The monoisotopic (exact) mass is 312 g/mol. The summed E-state index contributed by atoms with van der Waals surface area (Å²) >= 11 is 6.35. The number of halogens is 1. The Hall–Kier alpha value is -2.26. The van der Waals surface area contributed by atoms with Crippen molar-refractivity contribution in [2.45, 2.75) is 20.1 Å². The molecule has 0 aliphatic carbocycles. The molecule has 22 heavy (non-hydrogen) atoms. The molecular weight excluding hydrogens is 296 g/mol. The maximum Gasteiger partial charge on any atom is 0.176 e. The second-order valence-electron chi connectivity index (χ2n) is 5.22. The summed E-state index contributed by atoms with van der Waals surface area (Å²) in [5.41, 5.74) is 3.50. The molecule has 2 aromatic carbocycles. The molecule has 3 nitrogen and oxygen atoms in total. The van der Waals surface area contributed by atoms with Crippen molar-refractivity contribution >= 4 is 11.6 Å². The zero-order chi connectivity index (χ0) is 15.4. The van der Waals surface area contributed by atoms with E-state index in [4.69, 9.17) is 16.3 Å². The molecule has 0 amide bonds. The minimum absolute atomic E-state index is 0.483. The molecule has 0 aliphatic heterocycles. The van der Waals surface area contributed by atoms with Gasteiger partial charge in [0.25, 0.3) is 0 Å². The molecule has 0 fully saturated rings. The highest BCUT2D eigenvalue weighted by Gasteiger charge is 2.10. The van der Waals surface area contributed by atoms with Gasteiger partial charge in [-0.3, -0.25) is 0 Å².